The zero-order chi connectivity index (χ0) is 21.6. The molecule has 2 bridgehead atoms. The lowest BCUT2D eigenvalue weighted by atomic mass is 9.81. The van der Waals surface area contributed by atoms with Crippen LogP contribution in [-0.4, -0.2) is 48.2 Å². The fraction of sp³-hybridized carbons (Fsp3) is 0.565. The second-order valence-electron chi connectivity index (χ2n) is 8.88. The van der Waals surface area contributed by atoms with Gasteiger partial charge in [-0.3, -0.25) is 19.3 Å². The first-order valence-electron chi connectivity index (χ1n) is 10.5. The highest BCUT2D eigenvalue weighted by atomic mass is 16.5. The Morgan fingerprint density at radius 3 is 2.10 bits per heavy atom. The van der Waals surface area contributed by atoms with Crippen molar-refractivity contribution in [2.45, 2.75) is 39.2 Å². The molecule has 0 N–H and O–H groups in total. The molecule has 1 aromatic rings. The van der Waals surface area contributed by atoms with Gasteiger partial charge in [0, 0.05) is 5.56 Å². The Kier molecular flexibility index (Phi) is 5.38. The summed E-state index contributed by atoms with van der Waals surface area (Å²) in [5, 5.41) is 0. The van der Waals surface area contributed by atoms with Crippen LogP contribution in [0.25, 0.3) is 0 Å². The predicted molar refractivity (Wildman–Crippen MR) is 107 cm³/mol. The zero-order valence-corrected chi connectivity index (χ0v) is 17.5. The maximum atomic E-state index is 13.1. The third kappa shape index (κ3) is 3.30. The molecular formula is C23H27NO6. The van der Waals surface area contributed by atoms with Crippen LogP contribution in [0.1, 0.15) is 43.5 Å². The molecule has 0 aromatic heterocycles. The molecule has 2 saturated carbocycles. The quantitative estimate of drug-likeness (QED) is 0.388. The van der Waals surface area contributed by atoms with Crippen LogP contribution < -0.4 is 4.74 Å². The number of nitrogens with zero attached hydrogens (tertiary/aromatic N) is 1. The van der Waals surface area contributed by atoms with Gasteiger partial charge in [0.25, 0.3) is 0 Å². The van der Waals surface area contributed by atoms with Crippen LogP contribution in [0.4, 0.5) is 0 Å². The molecule has 3 aliphatic rings. The Labute approximate surface area is 175 Å². The summed E-state index contributed by atoms with van der Waals surface area (Å²) in [7, 11) is 1.53. The van der Waals surface area contributed by atoms with E-state index < -0.39 is 18.6 Å². The number of hydrogen-bond donors (Lipinski definition) is 0. The number of ketones is 1. The Hall–Kier alpha value is -2.70. The molecule has 7 heteroatoms. The molecule has 1 heterocycles. The highest BCUT2D eigenvalue weighted by Gasteiger charge is 2.62. The largest absolute Gasteiger partial charge is 0.497 e. The smallest absolute Gasteiger partial charge is 0.330 e. The molecule has 1 aromatic carbocycles. The van der Waals surface area contributed by atoms with Gasteiger partial charge in [-0.2, -0.15) is 0 Å². The van der Waals surface area contributed by atoms with E-state index >= 15 is 0 Å². The topological polar surface area (TPSA) is 90.0 Å². The van der Waals surface area contributed by atoms with Gasteiger partial charge in [-0.1, -0.05) is 13.8 Å². The molecule has 7 nitrogen and oxygen atoms in total. The SMILES string of the molecule is COc1ccc(C(=O)COC(=O)[C@@H](C(C)C)N2C(=O)[C@@H]3[C@H]4CC[C@H](C4)[C@@H]3C2=O)cc1. The molecule has 0 unspecified atom stereocenters. The summed E-state index contributed by atoms with van der Waals surface area (Å²) in [4.78, 5) is 52.5. The van der Waals surface area contributed by atoms with E-state index in [1.807, 2.05) is 0 Å². The van der Waals surface area contributed by atoms with Crippen molar-refractivity contribution < 1.29 is 28.7 Å². The minimum Gasteiger partial charge on any atom is -0.497 e. The summed E-state index contributed by atoms with van der Waals surface area (Å²) in [6, 6.07) is 5.50. The van der Waals surface area contributed by atoms with Crippen molar-refractivity contribution in [3.8, 4) is 5.75 Å². The summed E-state index contributed by atoms with van der Waals surface area (Å²) in [6.45, 7) is 3.11. The van der Waals surface area contributed by atoms with Crippen LogP contribution in [0, 0.1) is 29.6 Å². The van der Waals surface area contributed by atoms with Crippen molar-refractivity contribution in [3.63, 3.8) is 0 Å². The molecule has 0 spiro atoms. The number of likely N-dealkylation sites (tertiary alicyclic amines) is 1. The second-order valence-corrected chi connectivity index (χ2v) is 8.88. The number of carbonyl (C=O) groups excluding carboxylic acids is 4. The van der Waals surface area contributed by atoms with E-state index in [0.717, 1.165) is 24.2 Å². The Morgan fingerprint density at radius 2 is 1.60 bits per heavy atom. The summed E-state index contributed by atoms with van der Waals surface area (Å²) in [5.74, 6) is -1.31. The fourth-order valence-electron chi connectivity index (χ4n) is 5.46. The predicted octanol–water partition coefficient (Wildman–Crippen LogP) is 2.48. The number of Topliss-reactive ketones (excluding diaryl/α,β-unsaturated/α-hetero) is 1. The average Bonchev–Trinajstić information content (AvgIpc) is 3.42. The number of carbonyl (C=O) groups is 4. The van der Waals surface area contributed by atoms with Crippen LogP contribution in [0.5, 0.6) is 5.75 Å². The second kappa shape index (κ2) is 7.85. The van der Waals surface area contributed by atoms with Gasteiger partial charge in [0.05, 0.1) is 18.9 Å². The van der Waals surface area contributed by atoms with Crippen LogP contribution in [0.2, 0.25) is 0 Å². The van der Waals surface area contributed by atoms with Crippen molar-refractivity contribution in [2.24, 2.45) is 29.6 Å². The lowest BCUT2D eigenvalue weighted by Crippen LogP contribution is -2.50. The standard InChI is InChI=1S/C23H27NO6/c1-12(2)20(23(28)30-11-17(25)13-6-8-16(29-3)9-7-13)24-21(26)18-14-4-5-15(10-14)19(18)22(24)27/h6-9,12,14-15,18-20H,4-5,10-11H2,1-3H3/t14-,15+,18+,19-,20-/m1/s1. The van der Waals surface area contributed by atoms with Crippen LogP contribution in [-0.2, 0) is 19.1 Å². The third-order valence-electron chi connectivity index (χ3n) is 6.87. The number of imide groups is 1. The van der Waals surface area contributed by atoms with Gasteiger partial charge >= 0.3 is 5.97 Å². The van der Waals surface area contributed by atoms with Crippen molar-refractivity contribution in [2.75, 3.05) is 13.7 Å². The number of benzene rings is 1. The highest BCUT2D eigenvalue weighted by Crippen LogP contribution is 2.56. The number of hydrogen-bond acceptors (Lipinski definition) is 6. The summed E-state index contributed by atoms with van der Waals surface area (Å²) in [5.41, 5.74) is 0.393. The number of ether oxygens (including phenoxy) is 2. The van der Waals surface area contributed by atoms with Gasteiger partial charge in [0.1, 0.15) is 11.8 Å². The van der Waals surface area contributed by atoms with Crippen molar-refractivity contribution in [3.05, 3.63) is 29.8 Å². The van der Waals surface area contributed by atoms with Gasteiger partial charge in [-0.25, -0.2) is 4.79 Å². The van der Waals surface area contributed by atoms with E-state index in [1.165, 1.54) is 7.11 Å². The van der Waals surface area contributed by atoms with Crippen LogP contribution in [0.15, 0.2) is 24.3 Å². The average molecular weight is 413 g/mol. The molecule has 30 heavy (non-hydrogen) atoms. The van der Waals surface area contributed by atoms with Gasteiger partial charge in [-0.15, -0.1) is 0 Å². The minimum atomic E-state index is -1.00. The van der Waals surface area contributed by atoms with Crippen molar-refractivity contribution in [1.82, 2.24) is 4.90 Å². The molecule has 1 saturated heterocycles. The molecule has 1 aliphatic heterocycles. The Balaban J connectivity index is 1.45. The normalized spacial score (nSPS) is 28.1. The Bertz CT molecular complexity index is 848. The lowest BCUT2D eigenvalue weighted by molar-refractivity contribution is -0.160. The molecule has 2 aliphatic carbocycles. The van der Waals surface area contributed by atoms with Crippen molar-refractivity contribution in [1.29, 1.82) is 0 Å². The van der Waals surface area contributed by atoms with E-state index in [2.05, 4.69) is 0 Å². The third-order valence-corrected chi connectivity index (χ3v) is 6.87. The monoisotopic (exact) mass is 413 g/mol. The number of amides is 2. The van der Waals surface area contributed by atoms with Gasteiger partial charge in [0.2, 0.25) is 11.8 Å². The minimum absolute atomic E-state index is 0.241. The number of fused-ring (bicyclic) bond motifs is 5. The van der Waals surface area contributed by atoms with E-state index in [1.54, 1.807) is 38.1 Å². The molecule has 3 fully saturated rings. The molecule has 0 radical (unpaired) electrons. The number of methoxy groups -OCH3 is 1. The van der Waals surface area contributed by atoms with Gasteiger partial charge in [-0.05, 0) is 61.3 Å². The van der Waals surface area contributed by atoms with Crippen molar-refractivity contribution >= 4 is 23.6 Å². The molecule has 5 atom stereocenters. The number of esters is 1. The van der Waals surface area contributed by atoms with E-state index in [4.69, 9.17) is 9.47 Å². The molecule has 160 valence electrons. The van der Waals surface area contributed by atoms with Gasteiger partial charge < -0.3 is 9.47 Å². The van der Waals surface area contributed by atoms with Crippen LogP contribution in [0.3, 0.4) is 0 Å². The molecule has 2 amide bonds. The Morgan fingerprint density at radius 1 is 1.03 bits per heavy atom. The van der Waals surface area contributed by atoms with Gasteiger partial charge in [0.15, 0.2) is 12.4 Å². The van der Waals surface area contributed by atoms with E-state index in [0.29, 0.717) is 11.3 Å². The molecular weight excluding hydrogens is 386 g/mol. The van der Waals surface area contributed by atoms with Crippen LogP contribution >= 0.6 is 0 Å². The lowest BCUT2D eigenvalue weighted by Gasteiger charge is -2.28. The first kappa shape index (κ1) is 20.6. The summed E-state index contributed by atoms with van der Waals surface area (Å²) < 4.78 is 10.3. The van der Waals surface area contributed by atoms with E-state index in [9.17, 15) is 19.2 Å². The molecule has 4 rings (SSSR count). The maximum absolute atomic E-state index is 13.1. The first-order chi connectivity index (χ1) is 14.3. The fourth-order valence-corrected chi connectivity index (χ4v) is 5.46. The van der Waals surface area contributed by atoms with E-state index in [-0.39, 0.29) is 47.2 Å². The summed E-state index contributed by atoms with van der Waals surface area (Å²) >= 11 is 0. The number of rotatable bonds is 7. The first-order valence-corrected chi connectivity index (χ1v) is 10.5. The maximum Gasteiger partial charge on any atom is 0.330 e. The zero-order valence-electron chi connectivity index (χ0n) is 17.5. The summed E-state index contributed by atoms with van der Waals surface area (Å²) in [6.07, 6.45) is 2.89. The highest BCUT2D eigenvalue weighted by molar-refractivity contribution is 6.09.